The predicted octanol–water partition coefficient (Wildman–Crippen LogP) is 3.92. The molecule has 0 aliphatic carbocycles. The molecule has 1 saturated heterocycles. The van der Waals surface area contributed by atoms with Crippen LogP contribution < -0.4 is 10.2 Å². The van der Waals surface area contributed by atoms with E-state index in [9.17, 15) is 9.59 Å². The van der Waals surface area contributed by atoms with Crippen LogP contribution in [0.2, 0.25) is 0 Å². The molecule has 2 N–H and O–H groups in total. The molecule has 0 bridgehead atoms. The van der Waals surface area contributed by atoms with Crippen LogP contribution in [0.15, 0.2) is 59.2 Å². The summed E-state index contributed by atoms with van der Waals surface area (Å²) >= 11 is 3.42. The third-order valence-electron chi connectivity index (χ3n) is 4.47. The quantitative estimate of drug-likeness (QED) is 0.703. The molecule has 1 aromatic heterocycles. The number of fused-ring (bicyclic) bond motifs is 1. The van der Waals surface area contributed by atoms with Gasteiger partial charge in [-0.25, -0.2) is 0 Å². The summed E-state index contributed by atoms with van der Waals surface area (Å²) in [6.07, 6.45) is 2.07. The fraction of sp³-hybridized carbons (Fsp3) is 0.158. The second kappa shape index (κ2) is 6.37. The van der Waals surface area contributed by atoms with Crippen molar-refractivity contribution in [1.82, 2.24) is 4.98 Å². The number of aromatic amines is 1. The summed E-state index contributed by atoms with van der Waals surface area (Å²) in [6, 6.07) is 15.2. The number of hydrogen-bond donors (Lipinski definition) is 2. The van der Waals surface area contributed by atoms with Crippen LogP contribution in [-0.4, -0.2) is 23.3 Å². The molecule has 126 valence electrons. The lowest BCUT2D eigenvalue weighted by molar-refractivity contribution is -0.122. The van der Waals surface area contributed by atoms with Crippen molar-refractivity contribution < 1.29 is 9.59 Å². The van der Waals surface area contributed by atoms with Crippen molar-refractivity contribution in [3.05, 3.63) is 59.2 Å². The van der Waals surface area contributed by atoms with Gasteiger partial charge in [0.05, 0.1) is 11.6 Å². The van der Waals surface area contributed by atoms with Gasteiger partial charge in [-0.2, -0.15) is 0 Å². The maximum Gasteiger partial charge on any atom is 0.229 e. The van der Waals surface area contributed by atoms with E-state index in [2.05, 4.69) is 26.2 Å². The van der Waals surface area contributed by atoms with E-state index >= 15 is 0 Å². The molecule has 1 aliphatic heterocycles. The predicted molar refractivity (Wildman–Crippen MR) is 102 cm³/mol. The Kier molecular flexibility index (Phi) is 4.05. The first-order valence-electron chi connectivity index (χ1n) is 8.05. The van der Waals surface area contributed by atoms with Crippen LogP contribution in [0.1, 0.15) is 6.42 Å². The summed E-state index contributed by atoms with van der Waals surface area (Å²) in [5.41, 5.74) is 2.54. The molecule has 1 atom stereocenters. The number of halogens is 1. The first-order valence-corrected chi connectivity index (χ1v) is 8.84. The van der Waals surface area contributed by atoms with Crippen molar-refractivity contribution in [1.29, 1.82) is 0 Å². The Balaban J connectivity index is 1.52. The highest BCUT2D eigenvalue weighted by Gasteiger charge is 2.35. The average Bonchev–Trinajstić information content (AvgIpc) is 3.22. The number of carbonyl (C=O) groups is 2. The lowest BCUT2D eigenvalue weighted by atomic mass is 10.1. The molecule has 1 aliphatic rings. The molecule has 1 unspecified atom stereocenters. The Morgan fingerprint density at radius 1 is 1.20 bits per heavy atom. The number of rotatable bonds is 3. The zero-order valence-electron chi connectivity index (χ0n) is 13.3. The van der Waals surface area contributed by atoms with Crippen molar-refractivity contribution in [3.8, 4) is 0 Å². The van der Waals surface area contributed by atoms with Crippen LogP contribution in [0, 0.1) is 5.92 Å². The van der Waals surface area contributed by atoms with Gasteiger partial charge in [0.2, 0.25) is 11.8 Å². The zero-order chi connectivity index (χ0) is 17.4. The first kappa shape index (κ1) is 15.9. The molecular formula is C19H16BrN3O2. The van der Waals surface area contributed by atoms with Crippen molar-refractivity contribution in [3.63, 3.8) is 0 Å². The highest BCUT2D eigenvalue weighted by atomic mass is 79.9. The standard InChI is InChI=1S/C19H16BrN3O2/c20-13-3-1-4-14(10-13)23-11-12(9-18(23)24)19(25)22-17-6-2-5-16-15(17)7-8-21-16/h1-8,10,12,21H,9,11H2,(H,22,25). The van der Waals surface area contributed by atoms with Crippen molar-refractivity contribution in [2.75, 3.05) is 16.8 Å². The number of amides is 2. The van der Waals surface area contributed by atoms with Crippen LogP contribution in [0.4, 0.5) is 11.4 Å². The maximum absolute atomic E-state index is 12.7. The molecule has 0 saturated carbocycles. The summed E-state index contributed by atoms with van der Waals surface area (Å²) < 4.78 is 0.907. The van der Waals surface area contributed by atoms with Gasteiger partial charge in [-0.3, -0.25) is 9.59 Å². The lowest BCUT2D eigenvalue weighted by Crippen LogP contribution is -2.28. The Labute approximate surface area is 153 Å². The number of benzene rings is 2. The van der Waals surface area contributed by atoms with Gasteiger partial charge in [-0.05, 0) is 36.4 Å². The number of carbonyl (C=O) groups excluding carboxylic acids is 2. The van der Waals surface area contributed by atoms with Gasteiger partial charge >= 0.3 is 0 Å². The molecule has 1 fully saturated rings. The normalized spacial score (nSPS) is 17.2. The summed E-state index contributed by atoms with van der Waals surface area (Å²) in [5, 5.41) is 3.93. The molecule has 2 aromatic carbocycles. The number of hydrogen-bond acceptors (Lipinski definition) is 2. The van der Waals surface area contributed by atoms with Gasteiger partial charge in [0.1, 0.15) is 0 Å². The molecular weight excluding hydrogens is 382 g/mol. The smallest absolute Gasteiger partial charge is 0.229 e. The summed E-state index contributed by atoms with van der Waals surface area (Å²) in [7, 11) is 0. The molecule has 0 radical (unpaired) electrons. The molecule has 4 rings (SSSR count). The largest absolute Gasteiger partial charge is 0.361 e. The van der Waals surface area contributed by atoms with Crippen LogP contribution in [0.25, 0.3) is 10.9 Å². The molecule has 3 aromatic rings. The zero-order valence-corrected chi connectivity index (χ0v) is 14.9. The van der Waals surface area contributed by atoms with E-state index in [0.717, 1.165) is 26.8 Å². The Bertz CT molecular complexity index is 966. The topological polar surface area (TPSA) is 65.2 Å². The minimum atomic E-state index is -0.360. The highest BCUT2D eigenvalue weighted by molar-refractivity contribution is 9.10. The number of aromatic nitrogens is 1. The number of H-pyrrole nitrogens is 1. The second-order valence-corrected chi connectivity index (χ2v) is 7.03. The van der Waals surface area contributed by atoms with Gasteiger partial charge < -0.3 is 15.2 Å². The van der Waals surface area contributed by atoms with Gasteiger partial charge in [0.25, 0.3) is 0 Å². The van der Waals surface area contributed by atoms with E-state index < -0.39 is 0 Å². The van der Waals surface area contributed by atoms with Crippen molar-refractivity contribution in [2.24, 2.45) is 5.92 Å². The molecule has 5 nitrogen and oxygen atoms in total. The van der Waals surface area contributed by atoms with E-state index in [0.29, 0.717) is 6.54 Å². The number of anilines is 2. The highest BCUT2D eigenvalue weighted by Crippen LogP contribution is 2.29. The molecule has 25 heavy (non-hydrogen) atoms. The monoisotopic (exact) mass is 397 g/mol. The average molecular weight is 398 g/mol. The van der Waals surface area contributed by atoms with Crippen molar-refractivity contribution in [2.45, 2.75) is 6.42 Å². The van der Waals surface area contributed by atoms with E-state index in [-0.39, 0.29) is 24.2 Å². The fourth-order valence-corrected chi connectivity index (χ4v) is 3.59. The fourth-order valence-electron chi connectivity index (χ4n) is 3.21. The third kappa shape index (κ3) is 3.05. The maximum atomic E-state index is 12.7. The second-order valence-electron chi connectivity index (χ2n) is 6.12. The lowest BCUT2D eigenvalue weighted by Gasteiger charge is -2.17. The van der Waals surface area contributed by atoms with E-state index in [1.165, 1.54) is 0 Å². The SMILES string of the molecule is O=C(Nc1cccc2[nH]ccc12)C1CC(=O)N(c2cccc(Br)c2)C1. The van der Waals surface area contributed by atoms with Crippen LogP contribution in [0.3, 0.4) is 0 Å². The molecule has 2 heterocycles. The molecule has 2 amide bonds. The van der Waals surface area contributed by atoms with Gasteiger partial charge in [0.15, 0.2) is 0 Å². The van der Waals surface area contributed by atoms with E-state index in [1.807, 2.05) is 54.7 Å². The number of nitrogens with one attached hydrogen (secondary N) is 2. The van der Waals surface area contributed by atoms with Gasteiger partial charge in [-0.15, -0.1) is 0 Å². The minimum Gasteiger partial charge on any atom is -0.361 e. The van der Waals surface area contributed by atoms with Gasteiger partial charge in [-0.1, -0.05) is 28.1 Å². The Morgan fingerprint density at radius 3 is 2.88 bits per heavy atom. The van der Waals surface area contributed by atoms with E-state index in [1.54, 1.807) is 4.90 Å². The number of nitrogens with zero attached hydrogens (tertiary/aromatic N) is 1. The summed E-state index contributed by atoms with van der Waals surface area (Å²) in [4.78, 5) is 29.8. The van der Waals surface area contributed by atoms with Crippen LogP contribution in [-0.2, 0) is 9.59 Å². The molecule has 0 spiro atoms. The summed E-state index contributed by atoms with van der Waals surface area (Å²) in [5.74, 6) is -0.515. The first-order chi connectivity index (χ1) is 12.1. The Hall–Kier alpha value is -2.60. The minimum absolute atomic E-state index is 0.0295. The van der Waals surface area contributed by atoms with Gasteiger partial charge in [0, 0.05) is 40.2 Å². The van der Waals surface area contributed by atoms with Crippen molar-refractivity contribution >= 4 is 50.0 Å². The van der Waals surface area contributed by atoms with E-state index in [4.69, 9.17) is 0 Å². The Morgan fingerprint density at radius 2 is 2.04 bits per heavy atom. The summed E-state index contributed by atoms with van der Waals surface area (Å²) in [6.45, 7) is 0.393. The molecule has 6 heteroatoms. The van der Waals surface area contributed by atoms with Crippen LogP contribution >= 0.6 is 15.9 Å². The van der Waals surface area contributed by atoms with Crippen LogP contribution in [0.5, 0.6) is 0 Å². The third-order valence-corrected chi connectivity index (χ3v) is 4.96.